The van der Waals surface area contributed by atoms with Crippen molar-refractivity contribution in [2.45, 2.75) is 26.2 Å². The van der Waals surface area contributed by atoms with Crippen LogP contribution in [0.2, 0.25) is 10.2 Å². The van der Waals surface area contributed by atoms with Crippen molar-refractivity contribution in [2.24, 2.45) is 0 Å². The molecule has 1 aromatic heterocycles. The Hall–Kier alpha value is -0.270. The quantitative estimate of drug-likeness (QED) is 0.587. The van der Waals surface area contributed by atoms with E-state index in [0.717, 1.165) is 5.69 Å². The molecule has 0 unspecified atom stereocenters. The van der Waals surface area contributed by atoms with Crippen LogP contribution >= 0.6 is 23.2 Å². The van der Waals surface area contributed by atoms with Crippen molar-refractivity contribution in [1.82, 2.24) is 4.98 Å². The SMILES string of the molecule is CC(C)(C)c1ccc(Cl)c(Cl)n1. The third kappa shape index (κ3) is 2.11. The Kier molecular flexibility index (Phi) is 2.64. The zero-order valence-corrected chi connectivity index (χ0v) is 8.87. The van der Waals surface area contributed by atoms with Gasteiger partial charge in [-0.05, 0) is 12.1 Å². The second-order valence-corrected chi connectivity index (χ2v) is 4.48. The van der Waals surface area contributed by atoms with Gasteiger partial charge >= 0.3 is 0 Å². The summed E-state index contributed by atoms with van der Waals surface area (Å²) in [6.45, 7) is 6.25. The molecular formula is C9H11Cl2N. The van der Waals surface area contributed by atoms with Crippen LogP contribution in [0, 0.1) is 0 Å². The highest BCUT2D eigenvalue weighted by Gasteiger charge is 2.16. The van der Waals surface area contributed by atoms with Crippen molar-refractivity contribution in [3.05, 3.63) is 28.0 Å². The van der Waals surface area contributed by atoms with Crippen molar-refractivity contribution in [3.8, 4) is 0 Å². The summed E-state index contributed by atoms with van der Waals surface area (Å²) in [6, 6.07) is 3.67. The average Bonchev–Trinajstić information content (AvgIpc) is 1.92. The standard InChI is InChI=1S/C9H11Cl2N/c1-9(2,3)7-5-4-6(10)8(11)12-7/h4-5H,1-3H3. The van der Waals surface area contributed by atoms with E-state index in [2.05, 4.69) is 25.8 Å². The van der Waals surface area contributed by atoms with Gasteiger partial charge < -0.3 is 0 Å². The van der Waals surface area contributed by atoms with Gasteiger partial charge in [0.05, 0.1) is 5.02 Å². The highest BCUT2D eigenvalue weighted by atomic mass is 35.5. The van der Waals surface area contributed by atoms with E-state index < -0.39 is 0 Å². The van der Waals surface area contributed by atoms with Crippen LogP contribution in [0.15, 0.2) is 12.1 Å². The van der Waals surface area contributed by atoms with E-state index in [9.17, 15) is 0 Å². The molecule has 3 heteroatoms. The smallest absolute Gasteiger partial charge is 0.147 e. The van der Waals surface area contributed by atoms with E-state index >= 15 is 0 Å². The van der Waals surface area contributed by atoms with Crippen molar-refractivity contribution in [3.63, 3.8) is 0 Å². The Labute approximate surface area is 82.7 Å². The first-order valence-corrected chi connectivity index (χ1v) is 4.49. The predicted molar refractivity (Wildman–Crippen MR) is 53.0 cm³/mol. The Balaban J connectivity index is 3.14. The van der Waals surface area contributed by atoms with Gasteiger partial charge in [0.15, 0.2) is 0 Å². The summed E-state index contributed by atoms with van der Waals surface area (Å²) in [4.78, 5) is 4.18. The van der Waals surface area contributed by atoms with E-state index in [1.165, 1.54) is 0 Å². The van der Waals surface area contributed by atoms with Gasteiger partial charge in [0.25, 0.3) is 0 Å². The van der Waals surface area contributed by atoms with Crippen LogP contribution in [0.25, 0.3) is 0 Å². The molecule has 0 aliphatic rings. The molecule has 1 nitrogen and oxygen atoms in total. The molecule has 12 heavy (non-hydrogen) atoms. The maximum Gasteiger partial charge on any atom is 0.147 e. The average molecular weight is 204 g/mol. The number of hydrogen-bond acceptors (Lipinski definition) is 1. The number of nitrogens with zero attached hydrogens (tertiary/aromatic N) is 1. The number of halogens is 2. The molecule has 1 heterocycles. The van der Waals surface area contributed by atoms with Crippen LogP contribution in [0.4, 0.5) is 0 Å². The van der Waals surface area contributed by atoms with Crippen molar-refractivity contribution in [2.75, 3.05) is 0 Å². The first kappa shape index (κ1) is 9.82. The molecule has 1 rings (SSSR count). The van der Waals surface area contributed by atoms with Crippen LogP contribution in [0.1, 0.15) is 26.5 Å². The summed E-state index contributed by atoms with van der Waals surface area (Å²) in [7, 11) is 0. The fourth-order valence-electron chi connectivity index (χ4n) is 0.835. The fraction of sp³-hybridized carbons (Fsp3) is 0.444. The minimum atomic E-state index is 0.0221. The van der Waals surface area contributed by atoms with E-state index in [1.54, 1.807) is 6.07 Å². The van der Waals surface area contributed by atoms with E-state index in [1.807, 2.05) is 6.07 Å². The molecule has 0 radical (unpaired) electrons. The largest absolute Gasteiger partial charge is 0.239 e. The van der Waals surface area contributed by atoms with Gasteiger partial charge in [-0.3, -0.25) is 0 Å². The molecular weight excluding hydrogens is 193 g/mol. The molecule has 0 saturated heterocycles. The van der Waals surface area contributed by atoms with Crippen LogP contribution in [-0.4, -0.2) is 4.98 Å². The lowest BCUT2D eigenvalue weighted by Gasteiger charge is -2.17. The second kappa shape index (κ2) is 3.23. The highest BCUT2D eigenvalue weighted by Crippen LogP contribution is 2.25. The molecule has 0 N–H and O–H groups in total. The molecule has 0 amide bonds. The van der Waals surface area contributed by atoms with Gasteiger partial charge in [-0.25, -0.2) is 4.98 Å². The van der Waals surface area contributed by atoms with Crippen LogP contribution < -0.4 is 0 Å². The number of rotatable bonds is 0. The molecule has 1 aromatic rings. The minimum Gasteiger partial charge on any atom is -0.239 e. The summed E-state index contributed by atoms with van der Waals surface area (Å²) >= 11 is 11.5. The maximum absolute atomic E-state index is 5.78. The molecule has 0 bridgehead atoms. The summed E-state index contributed by atoms with van der Waals surface area (Å²) in [6.07, 6.45) is 0. The highest BCUT2D eigenvalue weighted by molar-refractivity contribution is 6.41. The van der Waals surface area contributed by atoms with E-state index in [0.29, 0.717) is 10.2 Å². The van der Waals surface area contributed by atoms with Gasteiger partial charge in [-0.15, -0.1) is 0 Å². The minimum absolute atomic E-state index is 0.0221. The Morgan fingerprint density at radius 2 is 1.75 bits per heavy atom. The second-order valence-electron chi connectivity index (χ2n) is 3.72. The molecule has 0 spiro atoms. The lowest BCUT2D eigenvalue weighted by atomic mass is 9.92. The topological polar surface area (TPSA) is 12.9 Å². The number of pyridine rings is 1. The zero-order chi connectivity index (χ0) is 9.35. The van der Waals surface area contributed by atoms with Crippen molar-refractivity contribution in [1.29, 1.82) is 0 Å². The van der Waals surface area contributed by atoms with Crippen LogP contribution in [-0.2, 0) is 5.41 Å². The molecule has 0 atom stereocenters. The zero-order valence-electron chi connectivity index (χ0n) is 7.36. The van der Waals surface area contributed by atoms with Gasteiger partial charge in [-0.1, -0.05) is 44.0 Å². The molecule has 0 aliphatic heterocycles. The predicted octanol–water partition coefficient (Wildman–Crippen LogP) is 3.69. The summed E-state index contributed by atoms with van der Waals surface area (Å²) in [5.41, 5.74) is 0.978. The lowest BCUT2D eigenvalue weighted by molar-refractivity contribution is 0.569. The van der Waals surface area contributed by atoms with Crippen molar-refractivity contribution >= 4 is 23.2 Å². The van der Waals surface area contributed by atoms with Gasteiger partial charge in [0, 0.05) is 11.1 Å². The summed E-state index contributed by atoms with van der Waals surface area (Å²) < 4.78 is 0. The fourth-order valence-corrected chi connectivity index (χ4v) is 1.09. The van der Waals surface area contributed by atoms with Crippen LogP contribution in [0.3, 0.4) is 0 Å². The normalized spacial score (nSPS) is 11.8. The van der Waals surface area contributed by atoms with Crippen molar-refractivity contribution < 1.29 is 0 Å². The van der Waals surface area contributed by atoms with Gasteiger partial charge in [0.1, 0.15) is 5.15 Å². The summed E-state index contributed by atoms with van der Waals surface area (Å²) in [5.74, 6) is 0. The third-order valence-corrected chi connectivity index (χ3v) is 2.26. The first-order chi connectivity index (χ1) is 5.41. The first-order valence-electron chi connectivity index (χ1n) is 3.74. The van der Waals surface area contributed by atoms with Crippen LogP contribution in [0.5, 0.6) is 0 Å². The van der Waals surface area contributed by atoms with Gasteiger partial charge in [-0.2, -0.15) is 0 Å². The molecule has 0 aliphatic carbocycles. The molecule has 0 saturated carbocycles. The Morgan fingerprint density at radius 3 is 2.17 bits per heavy atom. The lowest BCUT2D eigenvalue weighted by Crippen LogP contribution is -2.13. The number of hydrogen-bond donors (Lipinski definition) is 0. The van der Waals surface area contributed by atoms with Gasteiger partial charge in [0.2, 0.25) is 0 Å². The van der Waals surface area contributed by atoms with E-state index in [-0.39, 0.29) is 5.41 Å². The molecule has 0 fully saturated rings. The Morgan fingerprint density at radius 1 is 1.17 bits per heavy atom. The van der Waals surface area contributed by atoms with E-state index in [4.69, 9.17) is 23.2 Å². The third-order valence-electron chi connectivity index (χ3n) is 1.57. The number of aromatic nitrogens is 1. The molecule has 0 aromatic carbocycles. The monoisotopic (exact) mass is 203 g/mol. The Bertz CT molecular complexity index is 289. The summed E-state index contributed by atoms with van der Waals surface area (Å²) in [5, 5.41) is 0.883. The molecule has 66 valence electrons. The maximum atomic E-state index is 5.78.